The van der Waals surface area contributed by atoms with Crippen molar-refractivity contribution in [3.8, 4) is 11.1 Å². The molecular formula is C22H30N4O2. The average Bonchev–Trinajstić information content (AvgIpc) is 3.24. The van der Waals surface area contributed by atoms with Crippen LogP contribution >= 0.6 is 0 Å². The quantitative estimate of drug-likeness (QED) is 0.798. The third-order valence-electron chi connectivity index (χ3n) is 5.85. The number of amides is 1. The van der Waals surface area contributed by atoms with Gasteiger partial charge in [0.05, 0.1) is 19.4 Å². The zero-order valence-electron chi connectivity index (χ0n) is 16.7. The first kappa shape index (κ1) is 19.2. The van der Waals surface area contributed by atoms with Gasteiger partial charge in [0.1, 0.15) is 0 Å². The van der Waals surface area contributed by atoms with Gasteiger partial charge in [0, 0.05) is 56.6 Å². The van der Waals surface area contributed by atoms with Gasteiger partial charge in [0.15, 0.2) is 0 Å². The second-order valence-electron chi connectivity index (χ2n) is 7.83. The summed E-state index contributed by atoms with van der Waals surface area (Å²) < 4.78 is 7.36. The molecule has 6 nitrogen and oxygen atoms in total. The first-order valence-electron chi connectivity index (χ1n) is 10.4. The van der Waals surface area contributed by atoms with Gasteiger partial charge in [-0.1, -0.05) is 12.1 Å². The number of hydrogen-bond donors (Lipinski definition) is 0. The SMILES string of the molecule is CCn1cc(-c2ccc(C(=O)N3CCC[C@@H](CN4CCOCC4)C3)cc2)cn1. The van der Waals surface area contributed by atoms with E-state index in [1.807, 2.05) is 46.2 Å². The van der Waals surface area contributed by atoms with Crippen LogP contribution in [-0.2, 0) is 11.3 Å². The zero-order chi connectivity index (χ0) is 19.3. The Hall–Kier alpha value is -2.18. The van der Waals surface area contributed by atoms with E-state index in [4.69, 9.17) is 4.74 Å². The van der Waals surface area contributed by atoms with Gasteiger partial charge in [-0.3, -0.25) is 14.4 Å². The molecule has 3 heterocycles. The van der Waals surface area contributed by atoms with Crippen LogP contribution in [0, 0.1) is 5.92 Å². The normalized spacial score (nSPS) is 21.0. The summed E-state index contributed by atoms with van der Waals surface area (Å²) >= 11 is 0. The van der Waals surface area contributed by atoms with E-state index in [9.17, 15) is 4.79 Å². The van der Waals surface area contributed by atoms with Crippen LogP contribution in [0.2, 0.25) is 0 Å². The van der Waals surface area contributed by atoms with Crippen LogP contribution in [0.5, 0.6) is 0 Å². The third-order valence-corrected chi connectivity index (χ3v) is 5.85. The molecule has 28 heavy (non-hydrogen) atoms. The van der Waals surface area contributed by atoms with Gasteiger partial charge >= 0.3 is 0 Å². The number of carbonyl (C=O) groups excluding carboxylic acids is 1. The number of carbonyl (C=O) groups is 1. The highest BCUT2D eigenvalue weighted by Gasteiger charge is 2.26. The number of ether oxygens (including phenoxy) is 1. The monoisotopic (exact) mass is 382 g/mol. The van der Waals surface area contributed by atoms with Gasteiger partial charge < -0.3 is 9.64 Å². The molecular weight excluding hydrogens is 352 g/mol. The molecule has 0 aliphatic carbocycles. The smallest absolute Gasteiger partial charge is 0.253 e. The number of morpholine rings is 1. The third kappa shape index (κ3) is 4.45. The molecule has 0 N–H and O–H groups in total. The van der Waals surface area contributed by atoms with Crippen LogP contribution in [0.4, 0.5) is 0 Å². The summed E-state index contributed by atoms with van der Waals surface area (Å²) in [5.41, 5.74) is 2.96. The molecule has 1 aromatic carbocycles. The molecule has 2 aliphatic rings. The molecule has 0 radical (unpaired) electrons. The fourth-order valence-electron chi connectivity index (χ4n) is 4.22. The van der Waals surface area contributed by atoms with Crippen LogP contribution < -0.4 is 0 Å². The minimum absolute atomic E-state index is 0.155. The summed E-state index contributed by atoms with van der Waals surface area (Å²) in [4.78, 5) is 17.5. The van der Waals surface area contributed by atoms with Crippen molar-refractivity contribution in [2.24, 2.45) is 5.92 Å². The van der Waals surface area contributed by atoms with Crippen molar-refractivity contribution >= 4 is 5.91 Å². The first-order valence-corrected chi connectivity index (χ1v) is 10.4. The largest absolute Gasteiger partial charge is 0.379 e. The number of benzene rings is 1. The van der Waals surface area contributed by atoms with Crippen molar-refractivity contribution in [1.29, 1.82) is 0 Å². The second kappa shape index (κ2) is 8.88. The summed E-state index contributed by atoms with van der Waals surface area (Å²) in [6, 6.07) is 7.96. The number of nitrogens with zero attached hydrogens (tertiary/aromatic N) is 4. The lowest BCUT2D eigenvalue weighted by Gasteiger charge is -2.36. The molecule has 2 aliphatic heterocycles. The van der Waals surface area contributed by atoms with Crippen LogP contribution in [0.3, 0.4) is 0 Å². The van der Waals surface area contributed by atoms with Crippen LogP contribution in [0.1, 0.15) is 30.1 Å². The fraction of sp³-hybridized carbons (Fsp3) is 0.545. The van der Waals surface area contributed by atoms with Gasteiger partial charge in [-0.25, -0.2) is 0 Å². The minimum atomic E-state index is 0.155. The predicted molar refractivity (Wildman–Crippen MR) is 109 cm³/mol. The Morgan fingerprint density at radius 2 is 1.93 bits per heavy atom. The maximum atomic E-state index is 13.0. The fourth-order valence-corrected chi connectivity index (χ4v) is 4.22. The first-order chi connectivity index (χ1) is 13.7. The predicted octanol–water partition coefficient (Wildman–Crippen LogP) is 2.75. The maximum Gasteiger partial charge on any atom is 0.253 e. The lowest BCUT2D eigenvalue weighted by Crippen LogP contribution is -2.46. The van der Waals surface area contributed by atoms with E-state index in [1.54, 1.807) is 0 Å². The molecule has 0 unspecified atom stereocenters. The summed E-state index contributed by atoms with van der Waals surface area (Å²) in [6.45, 7) is 9.43. The van der Waals surface area contributed by atoms with Gasteiger partial charge in [0.25, 0.3) is 5.91 Å². The molecule has 6 heteroatoms. The minimum Gasteiger partial charge on any atom is -0.379 e. The van der Waals surface area contributed by atoms with E-state index in [0.29, 0.717) is 5.92 Å². The highest BCUT2D eigenvalue weighted by molar-refractivity contribution is 5.94. The molecule has 4 rings (SSSR count). The van der Waals surface area contributed by atoms with Crippen molar-refractivity contribution in [3.05, 3.63) is 42.2 Å². The van der Waals surface area contributed by atoms with Crippen molar-refractivity contribution < 1.29 is 9.53 Å². The van der Waals surface area contributed by atoms with Crippen LogP contribution in [-0.4, -0.2) is 71.4 Å². The summed E-state index contributed by atoms with van der Waals surface area (Å²) in [5, 5.41) is 4.33. The van der Waals surface area contributed by atoms with E-state index < -0.39 is 0 Å². The molecule has 1 aromatic heterocycles. The van der Waals surface area contributed by atoms with E-state index in [2.05, 4.69) is 16.9 Å². The summed E-state index contributed by atoms with van der Waals surface area (Å²) in [6.07, 6.45) is 6.22. The van der Waals surface area contributed by atoms with E-state index in [1.165, 1.54) is 6.42 Å². The summed E-state index contributed by atoms with van der Waals surface area (Å²) in [7, 11) is 0. The van der Waals surface area contributed by atoms with Gasteiger partial charge in [-0.15, -0.1) is 0 Å². The Labute approximate surface area is 167 Å². The van der Waals surface area contributed by atoms with Crippen molar-refractivity contribution in [3.63, 3.8) is 0 Å². The number of rotatable bonds is 5. The highest BCUT2D eigenvalue weighted by Crippen LogP contribution is 2.23. The van der Waals surface area contributed by atoms with E-state index in [-0.39, 0.29) is 5.91 Å². The second-order valence-corrected chi connectivity index (χ2v) is 7.83. The van der Waals surface area contributed by atoms with Crippen LogP contribution in [0.25, 0.3) is 11.1 Å². The lowest BCUT2D eigenvalue weighted by molar-refractivity contribution is 0.0224. The van der Waals surface area contributed by atoms with Gasteiger partial charge in [-0.05, 0) is 43.4 Å². The Morgan fingerprint density at radius 3 is 2.64 bits per heavy atom. The van der Waals surface area contributed by atoms with E-state index >= 15 is 0 Å². The standard InChI is InChI=1S/C22H30N4O2/c1-2-26-17-21(14-23-26)19-5-7-20(8-6-19)22(27)25-9-3-4-18(16-25)15-24-10-12-28-13-11-24/h5-8,14,17-18H,2-4,9-13,15-16H2,1H3/t18-/m0/s1. The average molecular weight is 383 g/mol. The number of piperidine rings is 1. The van der Waals surface area contributed by atoms with Crippen LogP contribution in [0.15, 0.2) is 36.7 Å². The number of aromatic nitrogens is 2. The molecule has 1 amide bonds. The molecule has 150 valence electrons. The zero-order valence-corrected chi connectivity index (χ0v) is 16.7. The number of likely N-dealkylation sites (tertiary alicyclic amines) is 1. The molecule has 2 aromatic rings. The molecule has 0 spiro atoms. The Balaban J connectivity index is 1.37. The Morgan fingerprint density at radius 1 is 1.14 bits per heavy atom. The van der Waals surface area contributed by atoms with Gasteiger partial charge in [0.2, 0.25) is 0 Å². The molecule has 0 bridgehead atoms. The van der Waals surface area contributed by atoms with Crippen molar-refractivity contribution in [2.75, 3.05) is 45.9 Å². The topological polar surface area (TPSA) is 50.6 Å². The van der Waals surface area contributed by atoms with Crippen molar-refractivity contribution in [1.82, 2.24) is 19.6 Å². The molecule has 0 saturated carbocycles. The van der Waals surface area contributed by atoms with E-state index in [0.717, 1.165) is 75.6 Å². The number of hydrogen-bond acceptors (Lipinski definition) is 4. The number of aryl methyl sites for hydroxylation is 1. The van der Waals surface area contributed by atoms with Gasteiger partial charge in [-0.2, -0.15) is 5.10 Å². The molecule has 1 atom stereocenters. The Bertz CT molecular complexity index is 780. The van der Waals surface area contributed by atoms with Crippen molar-refractivity contribution in [2.45, 2.75) is 26.3 Å². The summed E-state index contributed by atoms with van der Waals surface area (Å²) in [5.74, 6) is 0.720. The highest BCUT2D eigenvalue weighted by atomic mass is 16.5. The maximum absolute atomic E-state index is 13.0. The molecule has 2 fully saturated rings. The lowest BCUT2D eigenvalue weighted by atomic mass is 9.96. The molecule has 2 saturated heterocycles. The Kier molecular flexibility index (Phi) is 6.07.